The molecule has 2 N–H and O–H groups in total. The third-order valence-corrected chi connectivity index (χ3v) is 2.02. The molecule has 0 radical (unpaired) electrons. The molecule has 5 nitrogen and oxygen atoms in total. The van der Waals surface area contributed by atoms with E-state index in [1.807, 2.05) is 0 Å². The molecule has 0 bridgehead atoms. The molecule has 1 rings (SSSR count). The quantitative estimate of drug-likeness (QED) is 0.712. The summed E-state index contributed by atoms with van der Waals surface area (Å²) in [6.07, 6.45) is -0.967. The number of para-hydroxylation sites is 1. The van der Waals surface area contributed by atoms with Crippen molar-refractivity contribution >= 4 is 5.97 Å². The van der Waals surface area contributed by atoms with Crippen molar-refractivity contribution < 1.29 is 24.5 Å². The summed E-state index contributed by atoms with van der Waals surface area (Å²) in [6.45, 7) is 1.54. The molecule has 5 heteroatoms. The summed E-state index contributed by atoms with van der Waals surface area (Å²) in [6, 6.07) is 6.60. The zero-order valence-electron chi connectivity index (χ0n) is 9.63. The normalized spacial score (nSPS) is 11.9. The van der Waals surface area contributed by atoms with E-state index in [4.69, 9.17) is 19.7 Å². The number of carbonyl (C=O) groups is 1. The van der Waals surface area contributed by atoms with Crippen molar-refractivity contribution in [2.45, 2.75) is 13.0 Å². The van der Waals surface area contributed by atoms with E-state index in [1.165, 1.54) is 0 Å². The minimum atomic E-state index is -0.967. The third kappa shape index (κ3) is 4.05. The summed E-state index contributed by atoms with van der Waals surface area (Å²) in [5.41, 5.74) is 0.305. The zero-order valence-corrected chi connectivity index (χ0v) is 9.63. The van der Waals surface area contributed by atoms with Crippen LogP contribution in [-0.2, 0) is 4.74 Å². The summed E-state index contributed by atoms with van der Waals surface area (Å²) in [7, 11) is 0. The highest BCUT2D eigenvalue weighted by molar-refractivity contribution is 5.92. The van der Waals surface area contributed by atoms with Gasteiger partial charge in [-0.1, -0.05) is 12.1 Å². The fourth-order valence-electron chi connectivity index (χ4n) is 1.21. The van der Waals surface area contributed by atoms with Gasteiger partial charge in [0.15, 0.2) is 0 Å². The molecule has 0 amide bonds. The van der Waals surface area contributed by atoms with Gasteiger partial charge in [0.25, 0.3) is 0 Å². The fraction of sp³-hybridized carbons (Fsp3) is 0.417. The van der Waals surface area contributed by atoms with E-state index < -0.39 is 12.1 Å². The zero-order chi connectivity index (χ0) is 12.7. The Hall–Kier alpha value is -1.59. The van der Waals surface area contributed by atoms with Crippen LogP contribution in [0.15, 0.2) is 24.3 Å². The van der Waals surface area contributed by atoms with E-state index in [-0.39, 0.29) is 19.8 Å². The van der Waals surface area contributed by atoms with Crippen LogP contribution in [0.4, 0.5) is 0 Å². The van der Waals surface area contributed by atoms with Crippen molar-refractivity contribution in [3.05, 3.63) is 29.8 Å². The SMILES string of the molecule is CCOC(=O)c1ccccc1OCC(O)CO. The van der Waals surface area contributed by atoms with Crippen molar-refractivity contribution in [1.82, 2.24) is 0 Å². The van der Waals surface area contributed by atoms with E-state index in [2.05, 4.69) is 0 Å². The van der Waals surface area contributed by atoms with Gasteiger partial charge in [-0.2, -0.15) is 0 Å². The Morgan fingerprint density at radius 2 is 2.12 bits per heavy atom. The van der Waals surface area contributed by atoms with Crippen molar-refractivity contribution in [3.8, 4) is 5.75 Å². The van der Waals surface area contributed by atoms with Gasteiger partial charge in [-0.3, -0.25) is 0 Å². The molecular formula is C12H16O5. The lowest BCUT2D eigenvalue weighted by Gasteiger charge is -2.12. The van der Waals surface area contributed by atoms with E-state index in [0.717, 1.165) is 0 Å². The van der Waals surface area contributed by atoms with Crippen LogP contribution < -0.4 is 4.74 Å². The first-order chi connectivity index (χ1) is 8.19. The Labute approximate surface area is 99.6 Å². The highest BCUT2D eigenvalue weighted by Crippen LogP contribution is 2.19. The lowest BCUT2D eigenvalue weighted by molar-refractivity contribution is 0.0473. The number of aliphatic hydroxyl groups excluding tert-OH is 2. The van der Waals surface area contributed by atoms with Gasteiger partial charge < -0.3 is 19.7 Å². The second kappa shape index (κ2) is 6.88. The summed E-state index contributed by atoms with van der Waals surface area (Å²) in [5.74, 6) is -0.139. The Morgan fingerprint density at radius 1 is 1.41 bits per heavy atom. The predicted octanol–water partition coefficient (Wildman–Crippen LogP) is 0.595. The molecule has 0 saturated carbocycles. The number of carbonyl (C=O) groups excluding carboxylic acids is 1. The van der Waals surface area contributed by atoms with Crippen molar-refractivity contribution in [1.29, 1.82) is 0 Å². The first-order valence-corrected chi connectivity index (χ1v) is 5.37. The number of ether oxygens (including phenoxy) is 2. The monoisotopic (exact) mass is 240 g/mol. The maximum absolute atomic E-state index is 11.6. The van der Waals surface area contributed by atoms with Crippen LogP contribution in [0.1, 0.15) is 17.3 Å². The third-order valence-electron chi connectivity index (χ3n) is 2.02. The van der Waals surface area contributed by atoms with E-state index in [9.17, 15) is 4.79 Å². The lowest BCUT2D eigenvalue weighted by Crippen LogP contribution is -2.22. The molecular weight excluding hydrogens is 224 g/mol. The second-order valence-electron chi connectivity index (χ2n) is 3.36. The Bertz CT molecular complexity index is 364. The standard InChI is InChI=1S/C12H16O5/c1-2-16-12(15)10-5-3-4-6-11(10)17-8-9(14)7-13/h3-6,9,13-14H,2,7-8H2,1H3. The first kappa shape index (κ1) is 13.5. The van der Waals surface area contributed by atoms with E-state index >= 15 is 0 Å². The minimum absolute atomic E-state index is 0.0765. The Kier molecular flexibility index (Phi) is 5.45. The second-order valence-corrected chi connectivity index (χ2v) is 3.36. The van der Waals surface area contributed by atoms with Gasteiger partial charge in [0.2, 0.25) is 0 Å². The molecule has 1 aromatic carbocycles. The van der Waals surface area contributed by atoms with Crippen LogP contribution in [-0.4, -0.2) is 42.1 Å². The Balaban J connectivity index is 2.74. The van der Waals surface area contributed by atoms with Crippen LogP contribution >= 0.6 is 0 Å². The van der Waals surface area contributed by atoms with Crippen LogP contribution in [0.2, 0.25) is 0 Å². The molecule has 17 heavy (non-hydrogen) atoms. The maximum Gasteiger partial charge on any atom is 0.341 e. The van der Waals surface area contributed by atoms with Crippen molar-refractivity contribution in [3.63, 3.8) is 0 Å². The number of hydrogen-bond donors (Lipinski definition) is 2. The van der Waals surface area contributed by atoms with Crippen LogP contribution in [0.25, 0.3) is 0 Å². The molecule has 94 valence electrons. The highest BCUT2D eigenvalue weighted by atomic mass is 16.5. The molecule has 0 aliphatic rings. The van der Waals surface area contributed by atoms with Gasteiger partial charge in [-0.05, 0) is 19.1 Å². The topological polar surface area (TPSA) is 76.0 Å². The minimum Gasteiger partial charge on any atom is -0.490 e. The summed E-state index contributed by atoms with van der Waals surface area (Å²) in [5, 5.41) is 17.8. The average molecular weight is 240 g/mol. The number of rotatable bonds is 6. The molecule has 0 aliphatic carbocycles. The highest BCUT2D eigenvalue weighted by Gasteiger charge is 2.13. The van der Waals surface area contributed by atoms with Crippen LogP contribution in [0.3, 0.4) is 0 Å². The molecule has 0 fully saturated rings. The molecule has 0 aliphatic heterocycles. The largest absolute Gasteiger partial charge is 0.490 e. The molecule has 1 aromatic rings. The summed E-state index contributed by atoms with van der Waals surface area (Å²) >= 11 is 0. The first-order valence-electron chi connectivity index (χ1n) is 5.37. The number of hydrogen-bond acceptors (Lipinski definition) is 5. The van der Waals surface area contributed by atoms with Gasteiger partial charge in [-0.25, -0.2) is 4.79 Å². The van der Waals surface area contributed by atoms with Gasteiger partial charge in [-0.15, -0.1) is 0 Å². The number of benzene rings is 1. The summed E-state index contributed by atoms with van der Waals surface area (Å²) in [4.78, 5) is 11.6. The molecule has 1 unspecified atom stereocenters. The van der Waals surface area contributed by atoms with Crippen LogP contribution in [0.5, 0.6) is 5.75 Å². The summed E-state index contributed by atoms with van der Waals surface area (Å²) < 4.78 is 10.1. The van der Waals surface area contributed by atoms with Gasteiger partial charge in [0.1, 0.15) is 24.0 Å². The molecule has 0 heterocycles. The predicted molar refractivity (Wildman–Crippen MR) is 61.0 cm³/mol. The fourth-order valence-corrected chi connectivity index (χ4v) is 1.21. The van der Waals surface area contributed by atoms with E-state index in [0.29, 0.717) is 11.3 Å². The molecule has 1 atom stereocenters. The number of aliphatic hydroxyl groups is 2. The van der Waals surface area contributed by atoms with Crippen molar-refractivity contribution in [2.24, 2.45) is 0 Å². The Morgan fingerprint density at radius 3 is 2.76 bits per heavy atom. The average Bonchev–Trinajstić information content (AvgIpc) is 2.36. The maximum atomic E-state index is 11.6. The molecule has 0 spiro atoms. The van der Waals surface area contributed by atoms with Crippen LogP contribution in [0, 0.1) is 0 Å². The smallest absolute Gasteiger partial charge is 0.341 e. The molecule has 0 saturated heterocycles. The van der Waals surface area contributed by atoms with E-state index in [1.54, 1.807) is 31.2 Å². The van der Waals surface area contributed by atoms with Crippen molar-refractivity contribution in [2.75, 3.05) is 19.8 Å². The number of esters is 1. The van der Waals surface area contributed by atoms with Gasteiger partial charge in [0, 0.05) is 0 Å². The molecule has 0 aromatic heterocycles. The lowest BCUT2D eigenvalue weighted by atomic mass is 10.2. The van der Waals surface area contributed by atoms with Gasteiger partial charge in [0.05, 0.1) is 13.2 Å². The van der Waals surface area contributed by atoms with Gasteiger partial charge >= 0.3 is 5.97 Å².